The van der Waals surface area contributed by atoms with Crippen LogP contribution in [-0.4, -0.2) is 36.6 Å². The maximum absolute atomic E-state index is 7.00. The van der Waals surface area contributed by atoms with Crippen molar-refractivity contribution >= 4 is 0 Å². The van der Waals surface area contributed by atoms with Gasteiger partial charge in [0.05, 0.1) is 0 Å². The molecule has 27 heavy (non-hydrogen) atoms. The van der Waals surface area contributed by atoms with E-state index in [4.69, 9.17) is 20.3 Å². The third-order valence-corrected chi connectivity index (χ3v) is 5.48. The summed E-state index contributed by atoms with van der Waals surface area (Å²) in [7, 11) is 3.00. The number of rotatable bonds is 6. The summed E-state index contributed by atoms with van der Waals surface area (Å²) in [6.07, 6.45) is 3.41. The predicted octanol–water partition coefficient (Wildman–Crippen LogP) is 4.53. The third kappa shape index (κ3) is 9.76. The molecule has 3 N–H and O–H groups in total. The van der Waals surface area contributed by atoms with Crippen LogP contribution in [-0.2, 0) is 38.0 Å². The van der Waals surface area contributed by atoms with Gasteiger partial charge in [0.15, 0.2) is 0 Å². The van der Waals surface area contributed by atoms with Crippen molar-refractivity contribution in [3.8, 4) is 0 Å². The van der Waals surface area contributed by atoms with Crippen molar-refractivity contribution in [3.63, 3.8) is 0 Å². The van der Waals surface area contributed by atoms with Crippen LogP contribution in [0.4, 0.5) is 0 Å². The summed E-state index contributed by atoms with van der Waals surface area (Å²) in [5.41, 5.74) is 4.58. The molecular weight excluding hydrogens is 374 g/mol. The number of nitrogens with zero attached hydrogens (tertiary/aromatic N) is 1. The van der Waals surface area contributed by atoms with Gasteiger partial charge in [0.1, 0.15) is 0 Å². The topological polar surface area (TPSA) is 74.8 Å². The van der Waals surface area contributed by atoms with E-state index in [-0.39, 0.29) is 38.0 Å². The standard InChI is InChI=1S/C19H34N.3CH4O.Ti/c1-10-17(4,5)14-13-15(18(6,7)11-2)20-16(14)19(8,9)12-3;3*1-2;/h13H,10-12H2,1-9H3;3*2H,1H3;/q-1;;;;. The number of aromatic nitrogens is 1. The Morgan fingerprint density at radius 3 is 1.30 bits per heavy atom. The van der Waals surface area contributed by atoms with E-state index in [0.29, 0.717) is 0 Å². The van der Waals surface area contributed by atoms with Gasteiger partial charge >= 0.3 is 0 Å². The summed E-state index contributed by atoms with van der Waals surface area (Å²) in [5.74, 6) is 0. The van der Waals surface area contributed by atoms with Crippen molar-refractivity contribution < 1.29 is 37.0 Å². The minimum Gasteiger partial charge on any atom is -0.664 e. The van der Waals surface area contributed by atoms with Crippen LogP contribution >= 0.6 is 0 Å². The van der Waals surface area contributed by atoms with Gasteiger partial charge < -0.3 is 20.3 Å². The summed E-state index contributed by atoms with van der Waals surface area (Å²) >= 11 is 0. The van der Waals surface area contributed by atoms with Gasteiger partial charge in [-0.2, -0.15) is 11.4 Å². The van der Waals surface area contributed by atoms with Gasteiger partial charge in [0.2, 0.25) is 0 Å². The second-order valence-corrected chi connectivity index (χ2v) is 8.12. The van der Waals surface area contributed by atoms with Crippen molar-refractivity contribution in [2.75, 3.05) is 21.3 Å². The molecule has 0 aliphatic rings. The fourth-order valence-electron chi connectivity index (χ4n) is 2.34. The SMILES string of the molecule is CCC(C)(C)c1cc(C(C)(C)CC)c(C(C)(C)CC)[n-]1.CO.CO.CO.[Ti]. The number of hydrogen-bond donors (Lipinski definition) is 3. The van der Waals surface area contributed by atoms with Gasteiger partial charge in [-0.25, -0.2) is 0 Å². The normalized spacial score (nSPS) is 10.9. The molecule has 1 aromatic heterocycles. The Hall–Kier alpha value is -0.126. The molecule has 0 aliphatic carbocycles. The molecule has 0 spiro atoms. The minimum absolute atomic E-state index is 0. The van der Waals surface area contributed by atoms with Crippen molar-refractivity contribution in [1.29, 1.82) is 0 Å². The molecule has 0 aliphatic heterocycles. The number of hydrogen-bond acceptors (Lipinski definition) is 3. The van der Waals surface area contributed by atoms with Crippen LogP contribution in [0, 0.1) is 0 Å². The Labute approximate surface area is 184 Å². The largest absolute Gasteiger partial charge is 0.664 e. The molecule has 1 aromatic rings. The molecule has 162 valence electrons. The quantitative estimate of drug-likeness (QED) is 0.591. The van der Waals surface area contributed by atoms with Crippen LogP contribution in [0.2, 0.25) is 0 Å². The summed E-state index contributed by atoms with van der Waals surface area (Å²) in [6, 6.07) is 2.39. The predicted molar refractivity (Wildman–Crippen MR) is 114 cm³/mol. The first kappa shape index (κ1) is 34.4. The molecule has 1 rings (SSSR count). The number of aliphatic hydroxyl groups is 3. The average Bonchev–Trinajstić information content (AvgIpc) is 3.15. The zero-order valence-electron chi connectivity index (χ0n) is 20.0. The summed E-state index contributed by atoms with van der Waals surface area (Å²) in [4.78, 5) is 5.11. The summed E-state index contributed by atoms with van der Waals surface area (Å²) in [6.45, 7) is 20.8. The zero-order chi connectivity index (χ0) is 21.8. The van der Waals surface area contributed by atoms with Crippen LogP contribution < -0.4 is 4.98 Å². The fourth-order valence-corrected chi connectivity index (χ4v) is 2.34. The molecule has 0 saturated heterocycles. The monoisotopic (exact) mass is 420 g/mol. The van der Waals surface area contributed by atoms with Crippen LogP contribution in [0.5, 0.6) is 0 Å². The van der Waals surface area contributed by atoms with Crippen LogP contribution in [0.25, 0.3) is 0 Å². The molecule has 0 bridgehead atoms. The van der Waals surface area contributed by atoms with Crippen molar-refractivity contribution in [1.82, 2.24) is 4.98 Å². The molecule has 0 atom stereocenters. The van der Waals surface area contributed by atoms with Crippen molar-refractivity contribution in [3.05, 3.63) is 23.0 Å². The van der Waals surface area contributed by atoms with E-state index in [1.807, 2.05) is 0 Å². The molecule has 0 aromatic carbocycles. The van der Waals surface area contributed by atoms with E-state index in [9.17, 15) is 0 Å². The van der Waals surface area contributed by atoms with E-state index in [0.717, 1.165) is 40.6 Å². The van der Waals surface area contributed by atoms with Crippen LogP contribution in [0.1, 0.15) is 98.5 Å². The van der Waals surface area contributed by atoms with E-state index >= 15 is 0 Å². The Kier molecular flexibility index (Phi) is 20.1. The Morgan fingerprint density at radius 2 is 1.00 bits per heavy atom. The van der Waals surface area contributed by atoms with E-state index in [2.05, 4.69) is 68.4 Å². The van der Waals surface area contributed by atoms with Gasteiger partial charge in [0.25, 0.3) is 0 Å². The Balaban J connectivity index is -0.000000342. The molecule has 1 heterocycles. The molecular formula is C22H46NO3Ti-. The molecule has 0 amide bonds. The molecule has 0 fully saturated rings. The zero-order valence-corrected chi connectivity index (χ0v) is 21.5. The fraction of sp³-hybridized carbons (Fsp3) is 0.818. The van der Waals surface area contributed by atoms with Gasteiger partial charge in [-0.3, -0.25) is 0 Å². The first-order valence-electron chi connectivity index (χ1n) is 9.55. The second kappa shape index (κ2) is 15.8. The van der Waals surface area contributed by atoms with Gasteiger partial charge in [-0.15, -0.1) is 0 Å². The first-order valence-corrected chi connectivity index (χ1v) is 9.55. The number of aliphatic hydroxyl groups excluding tert-OH is 3. The molecule has 4 nitrogen and oxygen atoms in total. The minimum atomic E-state index is 0. The maximum atomic E-state index is 7.00. The molecule has 5 heteroatoms. The smallest absolute Gasteiger partial charge is 0.0319 e. The third-order valence-electron chi connectivity index (χ3n) is 5.48. The Morgan fingerprint density at radius 1 is 0.667 bits per heavy atom. The average molecular weight is 420 g/mol. The summed E-state index contributed by atoms with van der Waals surface area (Å²) in [5, 5.41) is 21.0. The van der Waals surface area contributed by atoms with Gasteiger partial charge in [-0.05, 0) is 35.5 Å². The second-order valence-electron chi connectivity index (χ2n) is 8.12. The van der Waals surface area contributed by atoms with E-state index in [1.165, 1.54) is 17.0 Å². The Bertz CT molecular complexity index is 433. The van der Waals surface area contributed by atoms with Gasteiger partial charge in [0, 0.05) is 43.0 Å². The van der Waals surface area contributed by atoms with Crippen LogP contribution in [0.15, 0.2) is 6.07 Å². The summed E-state index contributed by atoms with van der Waals surface area (Å²) < 4.78 is 0. The first-order chi connectivity index (χ1) is 12.0. The van der Waals surface area contributed by atoms with Crippen molar-refractivity contribution in [2.24, 2.45) is 0 Å². The molecule has 0 unspecified atom stereocenters. The van der Waals surface area contributed by atoms with Crippen LogP contribution in [0.3, 0.4) is 0 Å². The molecule has 0 saturated carbocycles. The van der Waals surface area contributed by atoms with Crippen molar-refractivity contribution in [2.45, 2.75) is 97.8 Å². The van der Waals surface area contributed by atoms with E-state index < -0.39 is 0 Å². The van der Waals surface area contributed by atoms with Gasteiger partial charge in [-0.1, -0.05) is 73.9 Å². The maximum Gasteiger partial charge on any atom is 0.0319 e. The molecule has 0 radical (unpaired) electrons. The van der Waals surface area contributed by atoms with E-state index in [1.54, 1.807) is 0 Å².